The summed E-state index contributed by atoms with van der Waals surface area (Å²) < 4.78 is 2.33. The monoisotopic (exact) mass is 663 g/mol. The second kappa shape index (κ2) is 12.4. The molecule has 2 N–H and O–H groups in total. The predicted octanol–water partition coefficient (Wildman–Crippen LogP) is 9.14. The second-order valence-electron chi connectivity index (χ2n) is 11.8. The van der Waals surface area contributed by atoms with Crippen molar-refractivity contribution in [1.29, 1.82) is 0 Å². The summed E-state index contributed by atoms with van der Waals surface area (Å²) in [5, 5.41) is 35.9. The van der Waals surface area contributed by atoms with Gasteiger partial charge in [-0.2, -0.15) is 9.97 Å². The van der Waals surface area contributed by atoms with E-state index in [9.17, 15) is 10.2 Å². The molecular weight excluding hydrogens is 638 g/mol. The molecule has 0 atom stereocenters. The van der Waals surface area contributed by atoms with Crippen LogP contribution in [-0.4, -0.2) is 10.1 Å². The summed E-state index contributed by atoms with van der Waals surface area (Å²) in [5.74, 6) is 0.113. The van der Waals surface area contributed by atoms with Crippen molar-refractivity contribution in [2.75, 3.05) is 0 Å². The van der Waals surface area contributed by atoms with Gasteiger partial charge in [-0.25, -0.2) is 0 Å². The van der Waals surface area contributed by atoms with Crippen LogP contribution in [0.4, 0.5) is 0 Å². The molecule has 4 nitrogen and oxygen atoms in total. The molecule has 0 fully saturated rings. The Labute approximate surface area is 293 Å². The Morgan fingerprint density at radius 3 is 1.14 bits per heavy atom. The van der Waals surface area contributed by atoms with E-state index in [4.69, 9.17) is 0 Å². The van der Waals surface area contributed by atoms with Crippen LogP contribution in [0, 0.1) is 0 Å². The minimum atomic E-state index is 0. The van der Waals surface area contributed by atoms with Gasteiger partial charge in [-0.15, -0.1) is 0 Å². The van der Waals surface area contributed by atoms with Crippen molar-refractivity contribution in [2.45, 2.75) is 0 Å². The van der Waals surface area contributed by atoms with Gasteiger partial charge in [0.1, 0.15) is 9.40 Å². The number of benzene rings is 8. The van der Waals surface area contributed by atoms with Gasteiger partial charge in [-0.1, -0.05) is 143 Å². The van der Waals surface area contributed by atoms with Crippen LogP contribution in [0.25, 0.3) is 84.7 Å². The van der Waals surface area contributed by atoms with Gasteiger partial charge in [0.25, 0.3) is 10.0 Å². The van der Waals surface area contributed by atoms with Crippen molar-refractivity contribution >= 4 is 96.3 Å². The average Bonchev–Trinajstić information content (AvgIpc) is 3.77. The number of hydrogen-bond donors (Lipinski definition) is 0. The Balaban J connectivity index is 0.000000139. The first-order chi connectivity index (χ1) is 23.6. The zero-order chi connectivity index (χ0) is 32.2. The summed E-state index contributed by atoms with van der Waals surface area (Å²) in [5.41, 5.74) is 3.67. The minimum absolute atomic E-state index is 0. The zero-order valence-electron chi connectivity index (χ0n) is 26.2. The van der Waals surface area contributed by atoms with Crippen molar-refractivity contribution < 1.29 is 20.2 Å². The Kier molecular flexibility index (Phi) is 7.77. The molecule has 49 heavy (non-hydrogen) atoms. The molecule has 2 heterocycles. The number of aromatic amines is 2. The van der Waals surface area contributed by atoms with Gasteiger partial charge >= 0.3 is 10.1 Å². The molecule has 0 saturated heterocycles. The Hall–Kier alpha value is -5.65. The van der Waals surface area contributed by atoms with Crippen LogP contribution < -0.4 is 20.2 Å². The fourth-order valence-corrected chi connectivity index (χ4v) is 8.55. The van der Waals surface area contributed by atoms with Gasteiger partial charge in [0.05, 0.1) is 21.9 Å². The molecular formula is C42H26BeN2O2S2+2. The van der Waals surface area contributed by atoms with Crippen LogP contribution in [0.3, 0.4) is 0 Å². The molecule has 2 aromatic heterocycles. The first-order valence-electron chi connectivity index (χ1n) is 15.7. The maximum absolute atomic E-state index is 12.6. The van der Waals surface area contributed by atoms with E-state index in [1.807, 2.05) is 84.9 Å². The number of H-pyrrole nitrogens is 2. The largest absolute Gasteiger partial charge is 2.00 e. The van der Waals surface area contributed by atoms with Gasteiger partial charge in [-0.05, 0) is 68.7 Å². The van der Waals surface area contributed by atoms with Crippen molar-refractivity contribution in [2.24, 2.45) is 0 Å². The molecule has 10 rings (SSSR count). The van der Waals surface area contributed by atoms with Crippen LogP contribution in [0.15, 0.2) is 146 Å². The molecule has 0 aliphatic rings. The van der Waals surface area contributed by atoms with E-state index >= 15 is 0 Å². The van der Waals surface area contributed by atoms with Crippen LogP contribution in [0.5, 0.6) is 11.5 Å². The normalized spacial score (nSPS) is 11.3. The van der Waals surface area contributed by atoms with Crippen molar-refractivity contribution in [3.8, 4) is 32.6 Å². The molecule has 0 saturated carbocycles. The van der Waals surface area contributed by atoms with Gasteiger partial charge in [0.2, 0.25) is 11.0 Å². The van der Waals surface area contributed by atoms with E-state index in [0.717, 1.165) is 63.1 Å². The first kappa shape index (κ1) is 30.7. The summed E-state index contributed by atoms with van der Waals surface area (Å²) in [6.45, 7) is 0. The van der Waals surface area contributed by atoms with Gasteiger partial charge in [0, 0.05) is 0 Å². The zero-order valence-corrected chi connectivity index (χ0v) is 27.8. The standard InChI is InChI=1S/2C21H13NOS.Be/c2*23-18-12-15-7-2-1-6-14(15)11-17(18)21-22-20-16-8-4-3-5-13(16)9-10-19(20)24-21;/h2*1-12,23H;/q;;+2. The fraction of sp³-hybridized carbons (Fsp3) is 0. The molecule has 7 heteroatoms. The van der Waals surface area contributed by atoms with Crippen LogP contribution in [0.2, 0.25) is 0 Å². The van der Waals surface area contributed by atoms with E-state index in [1.165, 1.54) is 21.5 Å². The SMILES string of the molecule is [Be+2].[O-]c1cc2ccccc2cc1-c1[nH+]c2c(ccc3ccccc32)s1.[O-]c1cc2ccccc2cc1-c1[nH+]c2c(ccc3ccccc32)s1. The molecule has 0 aliphatic carbocycles. The quantitative estimate of drug-likeness (QED) is 0.173. The smallest absolute Gasteiger partial charge is 0.872 e. The second-order valence-corrected chi connectivity index (χ2v) is 13.9. The first-order valence-corrected chi connectivity index (χ1v) is 17.3. The minimum Gasteiger partial charge on any atom is -0.872 e. The number of aromatic nitrogens is 2. The molecule has 8 aromatic carbocycles. The average molecular weight is 664 g/mol. The number of fused-ring (bicyclic) bond motifs is 8. The van der Waals surface area contributed by atoms with Crippen LogP contribution in [0.1, 0.15) is 0 Å². The molecule has 0 spiro atoms. The predicted molar refractivity (Wildman–Crippen MR) is 202 cm³/mol. The van der Waals surface area contributed by atoms with Gasteiger partial charge in [-0.3, -0.25) is 0 Å². The Morgan fingerprint density at radius 1 is 0.388 bits per heavy atom. The summed E-state index contributed by atoms with van der Waals surface area (Å²) in [6.07, 6.45) is 0. The Bertz CT molecular complexity index is 2650. The molecule has 10 aromatic rings. The molecule has 0 aliphatic heterocycles. The summed E-state index contributed by atoms with van der Waals surface area (Å²) in [7, 11) is 0. The van der Waals surface area contributed by atoms with Crippen molar-refractivity contribution in [3.63, 3.8) is 0 Å². The fourth-order valence-electron chi connectivity index (χ4n) is 6.47. The van der Waals surface area contributed by atoms with Crippen LogP contribution in [-0.2, 0) is 0 Å². The summed E-state index contributed by atoms with van der Waals surface area (Å²) in [4.78, 5) is 6.96. The van der Waals surface area contributed by atoms with E-state index in [2.05, 4.69) is 58.5 Å². The molecule has 0 unspecified atom stereocenters. The number of thiazole rings is 2. The number of hydrogen-bond acceptors (Lipinski definition) is 4. The van der Waals surface area contributed by atoms with Gasteiger partial charge in [0.15, 0.2) is 0 Å². The Morgan fingerprint density at radius 2 is 0.735 bits per heavy atom. The third-order valence-electron chi connectivity index (χ3n) is 8.87. The summed E-state index contributed by atoms with van der Waals surface area (Å²) in [6, 6.07) is 48.5. The number of nitrogens with one attached hydrogen (secondary N) is 2. The van der Waals surface area contributed by atoms with Gasteiger partial charge < -0.3 is 10.2 Å². The van der Waals surface area contributed by atoms with E-state index in [-0.39, 0.29) is 21.6 Å². The molecule has 228 valence electrons. The third-order valence-corrected chi connectivity index (χ3v) is 11.0. The van der Waals surface area contributed by atoms with Crippen molar-refractivity contribution in [1.82, 2.24) is 0 Å². The van der Waals surface area contributed by atoms with Crippen LogP contribution >= 0.6 is 22.7 Å². The van der Waals surface area contributed by atoms with E-state index in [1.54, 1.807) is 34.8 Å². The van der Waals surface area contributed by atoms with E-state index < -0.39 is 0 Å². The maximum atomic E-state index is 12.6. The van der Waals surface area contributed by atoms with Crippen molar-refractivity contribution in [3.05, 3.63) is 146 Å². The molecule has 0 radical (unpaired) electrons. The third kappa shape index (κ3) is 5.46. The maximum Gasteiger partial charge on any atom is 2.00 e. The molecule has 0 bridgehead atoms. The summed E-state index contributed by atoms with van der Waals surface area (Å²) >= 11 is 3.26. The topological polar surface area (TPSA) is 74.4 Å². The molecule has 0 amide bonds. The number of rotatable bonds is 2. The van der Waals surface area contributed by atoms with E-state index in [0.29, 0.717) is 0 Å².